The van der Waals surface area contributed by atoms with Crippen molar-refractivity contribution >= 4 is 0 Å². The van der Waals surface area contributed by atoms with Crippen LogP contribution >= 0.6 is 0 Å². The average Bonchev–Trinajstić information content (AvgIpc) is 2.46. The molecule has 0 spiro atoms. The Labute approximate surface area is 108 Å². The molecular weight excluding hydrogens is 224 g/mol. The van der Waals surface area contributed by atoms with Gasteiger partial charge in [-0.3, -0.25) is 0 Å². The summed E-state index contributed by atoms with van der Waals surface area (Å²) in [6.45, 7) is 2.05. The fourth-order valence-electron chi connectivity index (χ4n) is 2.04. The summed E-state index contributed by atoms with van der Waals surface area (Å²) in [4.78, 5) is 0. The van der Waals surface area contributed by atoms with Gasteiger partial charge in [0.2, 0.25) is 0 Å². The van der Waals surface area contributed by atoms with Crippen molar-refractivity contribution in [2.24, 2.45) is 0 Å². The summed E-state index contributed by atoms with van der Waals surface area (Å²) < 4.78 is 0. The minimum Gasteiger partial charge on any atom is -0.392 e. The smallest absolute Gasteiger partial charge is 0.0685 e. The maximum atomic E-state index is 9.29. The van der Waals surface area contributed by atoms with Gasteiger partial charge in [0.15, 0.2) is 0 Å². The highest BCUT2D eigenvalue weighted by atomic mass is 16.3. The van der Waals surface area contributed by atoms with Crippen molar-refractivity contribution in [1.29, 1.82) is 0 Å². The summed E-state index contributed by atoms with van der Waals surface area (Å²) in [6, 6.07) is 14.2. The Morgan fingerprint density at radius 1 is 0.778 bits per heavy atom. The molecule has 2 nitrogen and oxygen atoms in total. The van der Waals surface area contributed by atoms with Crippen molar-refractivity contribution in [2.75, 3.05) is 0 Å². The van der Waals surface area contributed by atoms with Gasteiger partial charge in [-0.1, -0.05) is 43.3 Å². The summed E-state index contributed by atoms with van der Waals surface area (Å²) in [6.07, 6.45) is 1.03. The van der Waals surface area contributed by atoms with Gasteiger partial charge in [-0.25, -0.2) is 0 Å². The summed E-state index contributed by atoms with van der Waals surface area (Å²) in [5.41, 5.74) is 5.08. The van der Waals surface area contributed by atoms with Gasteiger partial charge in [-0.15, -0.1) is 0 Å². The first-order chi connectivity index (χ1) is 8.78. The number of aryl methyl sites for hydroxylation is 1. The van der Waals surface area contributed by atoms with Crippen molar-refractivity contribution in [1.82, 2.24) is 0 Å². The molecule has 2 heteroatoms. The Morgan fingerprint density at radius 3 is 1.94 bits per heavy atom. The normalized spacial score (nSPS) is 10.6. The van der Waals surface area contributed by atoms with Crippen LogP contribution in [0.3, 0.4) is 0 Å². The second-order valence-electron chi connectivity index (χ2n) is 4.35. The predicted octanol–water partition coefficient (Wildman–Crippen LogP) is 2.90. The molecule has 94 valence electrons. The second-order valence-corrected chi connectivity index (χ2v) is 4.35. The molecule has 0 aliphatic heterocycles. The molecule has 0 saturated heterocycles. The highest BCUT2D eigenvalue weighted by Crippen LogP contribution is 2.23. The van der Waals surface area contributed by atoms with E-state index in [9.17, 15) is 5.11 Å². The van der Waals surface area contributed by atoms with Gasteiger partial charge in [0.1, 0.15) is 0 Å². The SMILES string of the molecule is CCc1ccc(-c2ccc(CO)c(CO)c2)cc1. The molecule has 2 aromatic carbocycles. The topological polar surface area (TPSA) is 40.5 Å². The quantitative estimate of drug-likeness (QED) is 0.865. The molecule has 0 aliphatic rings. The van der Waals surface area contributed by atoms with E-state index in [0.29, 0.717) is 0 Å². The molecule has 0 saturated carbocycles. The maximum Gasteiger partial charge on any atom is 0.0685 e. The molecule has 0 aliphatic carbocycles. The van der Waals surface area contributed by atoms with E-state index in [1.165, 1.54) is 5.56 Å². The number of benzene rings is 2. The van der Waals surface area contributed by atoms with Crippen LogP contribution in [0.5, 0.6) is 0 Å². The summed E-state index contributed by atoms with van der Waals surface area (Å²) in [5.74, 6) is 0. The lowest BCUT2D eigenvalue weighted by Gasteiger charge is -2.09. The van der Waals surface area contributed by atoms with Gasteiger partial charge in [0, 0.05) is 0 Å². The first kappa shape index (κ1) is 12.8. The van der Waals surface area contributed by atoms with Crippen molar-refractivity contribution in [3.63, 3.8) is 0 Å². The Bertz CT molecular complexity index is 515. The first-order valence-electron chi connectivity index (χ1n) is 6.21. The van der Waals surface area contributed by atoms with Crippen LogP contribution in [0.1, 0.15) is 23.6 Å². The Balaban J connectivity index is 2.37. The third-order valence-electron chi connectivity index (χ3n) is 3.24. The number of aliphatic hydroxyl groups is 2. The van der Waals surface area contributed by atoms with E-state index in [4.69, 9.17) is 5.11 Å². The number of aliphatic hydroxyl groups excluding tert-OH is 2. The van der Waals surface area contributed by atoms with Crippen LogP contribution in [0.4, 0.5) is 0 Å². The highest BCUT2D eigenvalue weighted by Gasteiger charge is 2.04. The zero-order valence-corrected chi connectivity index (χ0v) is 10.6. The van der Waals surface area contributed by atoms with Crippen molar-refractivity contribution < 1.29 is 10.2 Å². The molecule has 0 amide bonds. The van der Waals surface area contributed by atoms with Crippen LogP contribution in [0, 0.1) is 0 Å². The third-order valence-corrected chi connectivity index (χ3v) is 3.24. The number of hydrogen-bond acceptors (Lipinski definition) is 2. The molecule has 0 bridgehead atoms. The lowest BCUT2D eigenvalue weighted by atomic mass is 9.98. The molecule has 0 fully saturated rings. The van der Waals surface area contributed by atoms with E-state index in [-0.39, 0.29) is 13.2 Å². The standard InChI is InChI=1S/C16H18O2/c1-2-12-3-5-13(6-4-12)14-7-8-15(10-17)16(9-14)11-18/h3-9,17-18H,2,10-11H2,1H3. The van der Waals surface area contributed by atoms with Crippen LogP contribution in [0.15, 0.2) is 42.5 Å². The molecule has 0 aromatic heterocycles. The Morgan fingerprint density at radius 2 is 1.39 bits per heavy atom. The van der Waals surface area contributed by atoms with Crippen molar-refractivity contribution in [3.8, 4) is 11.1 Å². The second kappa shape index (κ2) is 5.80. The van der Waals surface area contributed by atoms with Gasteiger partial charge in [-0.2, -0.15) is 0 Å². The molecule has 2 rings (SSSR count). The molecular formula is C16H18O2. The zero-order valence-electron chi connectivity index (χ0n) is 10.6. The lowest BCUT2D eigenvalue weighted by molar-refractivity contribution is 0.260. The monoisotopic (exact) mass is 242 g/mol. The van der Waals surface area contributed by atoms with E-state index in [2.05, 4.69) is 31.2 Å². The van der Waals surface area contributed by atoms with Gasteiger partial charge < -0.3 is 10.2 Å². The van der Waals surface area contributed by atoms with E-state index >= 15 is 0 Å². The molecule has 0 unspecified atom stereocenters. The Hall–Kier alpha value is -1.64. The van der Waals surface area contributed by atoms with Gasteiger partial charge in [0.05, 0.1) is 13.2 Å². The Kier molecular flexibility index (Phi) is 4.13. The van der Waals surface area contributed by atoms with Crippen LogP contribution in [0.2, 0.25) is 0 Å². The van der Waals surface area contributed by atoms with E-state index in [1.54, 1.807) is 0 Å². The van der Waals surface area contributed by atoms with Crippen LogP contribution in [-0.2, 0) is 19.6 Å². The number of hydrogen-bond donors (Lipinski definition) is 2. The molecule has 0 radical (unpaired) electrons. The molecule has 2 N–H and O–H groups in total. The fourth-order valence-corrected chi connectivity index (χ4v) is 2.04. The van der Waals surface area contributed by atoms with E-state index < -0.39 is 0 Å². The summed E-state index contributed by atoms with van der Waals surface area (Å²) in [7, 11) is 0. The highest BCUT2D eigenvalue weighted by molar-refractivity contribution is 5.65. The largest absolute Gasteiger partial charge is 0.392 e. The summed E-state index contributed by atoms with van der Waals surface area (Å²) in [5, 5.41) is 18.5. The maximum absolute atomic E-state index is 9.29. The first-order valence-corrected chi connectivity index (χ1v) is 6.21. The van der Waals surface area contributed by atoms with Gasteiger partial charge in [-0.05, 0) is 40.3 Å². The minimum atomic E-state index is -0.0449. The number of rotatable bonds is 4. The van der Waals surface area contributed by atoms with Crippen LogP contribution in [0.25, 0.3) is 11.1 Å². The van der Waals surface area contributed by atoms with Crippen LogP contribution < -0.4 is 0 Å². The van der Waals surface area contributed by atoms with Gasteiger partial charge >= 0.3 is 0 Å². The minimum absolute atomic E-state index is 0.0368. The third kappa shape index (κ3) is 2.61. The van der Waals surface area contributed by atoms with Crippen molar-refractivity contribution in [2.45, 2.75) is 26.6 Å². The predicted molar refractivity (Wildman–Crippen MR) is 73.1 cm³/mol. The van der Waals surface area contributed by atoms with E-state index in [1.807, 2.05) is 18.2 Å². The lowest BCUT2D eigenvalue weighted by Crippen LogP contribution is -1.94. The molecule has 18 heavy (non-hydrogen) atoms. The molecule has 0 atom stereocenters. The van der Waals surface area contributed by atoms with Crippen molar-refractivity contribution in [3.05, 3.63) is 59.2 Å². The fraction of sp³-hybridized carbons (Fsp3) is 0.250. The molecule has 0 heterocycles. The van der Waals surface area contributed by atoms with E-state index in [0.717, 1.165) is 28.7 Å². The summed E-state index contributed by atoms with van der Waals surface area (Å²) >= 11 is 0. The van der Waals surface area contributed by atoms with Crippen LogP contribution in [-0.4, -0.2) is 10.2 Å². The molecule has 2 aromatic rings. The zero-order chi connectivity index (χ0) is 13.0. The van der Waals surface area contributed by atoms with Gasteiger partial charge in [0.25, 0.3) is 0 Å². The average molecular weight is 242 g/mol.